The van der Waals surface area contributed by atoms with Gasteiger partial charge in [0.15, 0.2) is 0 Å². The van der Waals surface area contributed by atoms with Crippen LogP contribution in [0.2, 0.25) is 0 Å². The number of hydrogen-bond donors (Lipinski definition) is 2. The van der Waals surface area contributed by atoms with E-state index in [-0.39, 0.29) is 5.91 Å². The highest BCUT2D eigenvalue weighted by molar-refractivity contribution is 5.99. The summed E-state index contributed by atoms with van der Waals surface area (Å²) in [6.45, 7) is 5.96. The Morgan fingerprint density at radius 3 is 2.43 bits per heavy atom. The lowest BCUT2D eigenvalue weighted by molar-refractivity contribution is 0.0942. The van der Waals surface area contributed by atoms with Gasteiger partial charge in [-0.3, -0.25) is 4.79 Å². The molecule has 0 unspecified atom stereocenters. The maximum Gasteiger partial charge on any atom is 0.253 e. The number of amides is 1. The molecule has 1 aromatic rings. The first-order chi connectivity index (χ1) is 10.2. The van der Waals surface area contributed by atoms with Gasteiger partial charge in [0.1, 0.15) is 0 Å². The molecule has 2 rings (SSSR count). The second kappa shape index (κ2) is 8.06. The first-order valence-corrected chi connectivity index (χ1v) is 8.35. The number of nitrogens with one attached hydrogen (secondary N) is 2. The normalized spacial score (nSPS) is 21.8. The molecular weight excluding hydrogens is 260 g/mol. The Labute approximate surface area is 128 Å². The minimum Gasteiger partial charge on any atom is -0.385 e. The highest BCUT2D eigenvalue weighted by Gasteiger charge is 2.20. The van der Waals surface area contributed by atoms with Crippen LogP contribution in [0.3, 0.4) is 0 Å². The van der Waals surface area contributed by atoms with Crippen LogP contribution >= 0.6 is 0 Å². The number of hydrogen-bond acceptors (Lipinski definition) is 2. The molecule has 3 heteroatoms. The van der Waals surface area contributed by atoms with Crippen LogP contribution < -0.4 is 10.6 Å². The van der Waals surface area contributed by atoms with Crippen molar-refractivity contribution in [2.24, 2.45) is 11.8 Å². The molecule has 0 bridgehead atoms. The van der Waals surface area contributed by atoms with Crippen LogP contribution in [0.5, 0.6) is 0 Å². The summed E-state index contributed by atoms with van der Waals surface area (Å²) >= 11 is 0. The van der Waals surface area contributed by atoms with E-state index >= 15 is 0 Å². The Bertz CT molecular complexity index is 450. The molecule has 2 N–H and O–H groups in total. The minimum atomic E-state index is 0.0455. The van der Waals surface area contributed by atoms with Crippen molar-refractivity contribution in [3.8, 4) is 0 Å². The Morgan fingerprint density at radius 1 is 1.10 bits per heavy atom. The molecule has 116 valence electrons. The van der Waals surface area contributed by atoms with Gasteiger partial charge in [0.2, 0.25) is 0 Å². The van der Waals surface area contributed by atoms with Crippen molar-refractivity contribution in [3.63, 3.8) is 0 Å². The van der Waals surface area contributed by atoms with Gasteiger partial charge in [0.25, 0.3) is 5.91 Å². The third-order valence-electron chi connectivity index (χ3n) is 4.63. The molecule has 0 heterocycles. The van der Waals surface area contributed by atoms with E-state index in [4.69, 9.17) is 0 Å². The minimum absolute atomic E-state index is 0.0455. The molecule has 1 amide bonds. The van der Waals surface area contributed by atoms with Crippen molar-refractivity contribution in [1.82, 2.24) is 5.32 Å². The van der Waals surface area contributed by atoms with Crippen molar-refractivity contribution in [2.75, 3.05) is 18.4 Å². The fourth-order valence-corrected chi connectivity index (χ4v) is 3.20. The van der Waals surface area contributed by atoms with Crippen LogP contribution in [0.1, 0.15) is 56.3 Å². The second-order valence-electron chi connectivity index (χ2n) is 6.08. The van der Waals surface area contributed by atoms with Crippen molar-refractivity contribution < 1.29 is 4.79 Å². The Balaban J connectivity index is 1.85. The highest BCUT2D eigenvalue weighted by atomic mass is 16.1. The smallest absolute Gasteiger partial charge is 0.253 e. The summed E-state index contributed by atoms with van der Waals surface area (Å²) < 4.78 is 0. The molecule has 1 saturated carbocycles. The van der Waals surface area contributed by atoms with Crippen molar-refractivity contribution in [3.05, 3.63) is 29.8 Å². The van der Waals surface area contributed by atoms with Crippen molar-refractivity contribution >= 4 is 11.6 Å². The van der Waals surface area contributed by atoms with E-state index in [0.717, 1.165) is 30.3 Å². The lowest BCUT2D eigenvalue weighted by Crippen LogP contribution is -2.31. The summed E-state index contributed by atoms with van der Waals surface area (Å²) in [5.41, 5.74) is 1.67. The molecular formula is C18H28N2O. The quantitative estimate of drug-likeness (QED) is 0.828. The van der Waals surface area contributed by atoms with E-state index in [1.54, 1.807) is 0 Å². The molecule has 0 saturated heterocycles. The average molecular weight is 288 g/mol. The van der Waals surface area contributed by atoms with Gasteiger partial charge in [-0.05, 0) is 43.7 Å². The zero-order valence-electron chi connectivity index (χ0n) is 13.3. The van der Waals surface area contributed by atoms with E-state index < -0.39 is 0 Å². The van der Waals surface area contributed by atoms with Crippen LogP contribution in [0, 0.1) is 11.8 Å². The Hall–Kier alpha value is -1.51. The van der Waals surface area contributed by atoms with Crippen LogP contribution in [0.25, 0.3) is 0 Å². The van der Waals surface area contributed by atoms with Gasteiger partial charge in [-0.25, -0.2) is 0 Å². The van der Waals surface area contributed by atoms with E-state index in [2.05, 4.69) is 17.6 Å². The Kier molecular flexibility index (Phi) is 6.09. The molecule has 0 radical (unpaired) electrons. The zero-order chi connectivity index (χ0) is 15.1. The monoisotopic (exact) mass is 288 g/mol. The zero-order valence-corrected chi connectivity index (χ0v) is 13.3. The van der Waals surface area contributed by atoms with Crippen LogP contribution in [-0.4, -0.2) is 19.0 Å². The van der Waals surface area contributed by atoms with Gasteiger partial charge >= 0.3 is 0 Å². The predicted molar refractivity (Wildman–Crippen MR) is 88.7 cm³/mol. The van der Waals surface area contributed by atoms with Crippen LogP contribution in [0.15, 0.2) is 24.3 Å². The first-order valence-electron chi connectivity index (χ1n) is 8.35. The summed E-state index contributed by atoms with van der Waals surface area (Å²) in [6.07, 6.45) is 6.46. The third-order valence-corrected chi connectivity index (χ3v) is 4.63. The molecule has 1 aromatic carbocycles. The number of anilines is 1. The van der Waals surface area contributed by atoms with Gasteiger partial charge in [-0.2, -0.15) is 0 Å². The lowest BCUT2D eigenvalue weighted by Gasteiger charge is -2.27. The first kappa shape index (κ1) is 15.9. The molecule has 1 aliphatic carbocycles. The standard InChI is InChI=1S/C18H28N2O/c1-3-14-9-11-15(12-10-14)13-20-18(21)16-7-5-6-8-17(16)19-4-2/h5-8,14-15,19H,3-4,9-13H2,1-2H3,(H,20,21). The van der Waals surface area contributed by atoms with Gasteiger partial charge in [-0.15, -0.1) is 0 Å². The van der Waals surface area contributed by atoms with Gasteiger partial charge in [-0.1, -0.05) is 38.3 Å². The number of carbonyl (C=O) groups excluding carboxylic acids is 1. The third kappa shape index (κ3) is 4.48. The maximum atomic E-state index is 12.4. The number of rotatable bonds is 6. The molecule has 0 aliphatic heterocycles. The van der Waals surface area contributed by atoms with Gasteiger partial charge in [0.05, 0.1) is 5.56 Å². The Morgan fingerprint density at radius 2 is 1.76 bits per heavy atom. The summed E-state index contributed by atoms with van der Waals surface area (Å²) in [6, 6.07) is 7.73. The fourth-order valence-electron chi connectivity index (χ4n) is 3.20. The number of benzene rings is 1. The van der Waals surface area contributed by atoms with E-state index in [1.165, 1.54) is 32.1 Å². The molecule has 0 atom stereocenters. The van der Waals surface area contributed by atoms with E-state index in [9.17, 15) is 4.79 Å². The van der Waals surface area contributed by atoms with Crippen LogP contribution in [0.4, 0.5) is 5.69 Å². The highest BCUT2D eigenvalue weighted by Crippen LogP contribution is 2.30. The summed E-state index contributed by atoms with van der Waals surface area (Å²) in [4.78, 5) is 12.4. The van der Waals surface area contributed by atoms with E-state index in [1.807, 2.05) is 31.2 Å². The topological polar surface area (TPSA) is 41.1 Å². The van der Waals surface area contributed by atoms with Crippen LogP contribution in [-0.2, 0) is 0 Å². The molecule has 0 spiro atoms. The molecule has 21 heavy (non-hydrogen) atoms. The molecule has 3 nitrogen and oxygen atoms in total. The fraction of sp³-hybridized carbons (Fsp3) is 0.611. The average Bonchev–Trinajstić information content (AvgIpc) is 2.54. The summed E-state index contributed by atoms with van der Waals surface area (Å²) in [5.74, 6) is 1.61. The maximum absolute atomic E-state index is 12.4. The second-order valence-corrected chi connectivity index (χ2v) is 6.08. The molecule has 1 fully saturated rings. The summed E-state index contributed by atoms with van der Waals surface area (Å²) in [7, 11) is 0. The number of para-hydroxylation sites is 1. The molecule has 0 aromatic heterocycles. The summed E-state index contributed by atoms with van der Waals surface area (Å²) in [5, 5.41) is 6.37. The SMILES string of the molecule is CCNc1ccccc1C(=O)NCC1CCC(CC)CC1. The molecule has 1 aliphatic rings. The van der Waals surface area contributed by atoms with Crippen molar-refractivity contribution in [2.45, 2.75) is 46.0 Å². The van der Waals surface area contributed by atoms with E-state index in [0.29, 0.717) is 5.92 Å². The predicted octanol–water partition coefficient (Wildman–Crippen LogP) is 4.06. The van der Waals surface area contributed by atoms with Gasteiger partial charge in [0, 0.05) is 18.8 Å². The van der Waals surface area contributed by atoms with Crippen molar-refractivity contribution in [1.29, 1.82) is 0 Å². The largest absolute Gasteiger partial charge is 0.385 e. The van der Waals surface area contributed by atoms with Gasteiger partial charge < -0.3 is 10.6 Å². The lowest BCUT2D eigenvalue weighted by atomic mass is 9.81. The number of carbonyl (C=O) groups is 1.